The molecule has 0 unspecified atom stereocenters. The third-order valence-corrected chi connectivity index (χ3v) is 3.20. The minimum atomic E-state index is -0.986. The molecular weight excluding hydrogens is 292 g/mol. The Morgan fingerprint density at radius 3 is 2.26 bits per heavy atom. The lowest BCUT2D eigenvalue weighted by Crippen LogP contribution is -2.02. The van der Waals surface area contributed by atoms with E-state index in [4.69, 9.17) is 9.47 Å². The molecule has 0 heterocycles. The highest BCUT2D eigenvalue weighted by Crippen LogP contribution is 2.32. The number of hydrogen-bond acceptors (Lipinski definition) is 3. The quantitative estimate of drug-likeness (QED) is 0.617. The molecule has 0 saturated heterocycles. The van der Waals surface area contributed by atoms with Crippen molar-refractivity contribution in [2.75, 3.05) is 13.2 Å². The zero-order valence-electron chi connectivity index (χ0n) is 13.3. The third-order valence-electron chi connectivity index (χ3n) is 3.20. The van der Waals surface area contributed by atoms with E-state index < -0.39 is 5.97 Å². The third kappa shape index (κ3) is 4.36. The summed E-state index contributed by atoms with van der Waals surface area (Å²) < 4.78 is 11.1. The normalized spacial score (nSPS) is 11.1. The van der Waals surface area contributed by atoms with Crippen molar-refractivity contribution in [1.29, 1.82) is 0 Å². The van der Waals surface area contributed by atoms with Gasteiger partial charge in [0.25, 0.3) is 0 Å². The molecule has 4 heteroatoms. The number of rotatable bonds is 7. The molecule has 0 bridgehead atoms. The molecule has 2 aromatic rings. The second-order valence-corrected chi connectivity index (χ2v) is 4.80. The van der Waals surface area contributed by atoms with Crippen molar-refractivity contribution in [2.24, 2.45) is 0 Å². The van der Waals surface area contributed by atoms with Crippen molar-refractivity contribution in [2.45, 2.75) is 13.8 Å². The van der Waals surface area contributed by atoms with Gasteiger partial charge in [-0.3, -0.25) is 0 Å². The Morgan fingerprint density at radius 2 is 1.65 bits per heavy atom. The first-order chi connectivity index (χ1) is 11.2. The highest BCUT2D eigenvalue weighted by Gasteiger charge is 2.14. The van der Waals surface area contributed by atoms with Crippen LogP contribution in [0.25, 0.3) is 11.6 Å². The van der Waals surface area contributed by atoms with Gasteiger partial charge in [0, 0.05) is 0 Å². The number of carboxylic acid groups (broad SMARTS) is 1. The van der Waals surface area contributed by atoms with Gasteiger partial charge in [-0.1, -0.05) is 36.4 Å². The lowest BCUT2D eigenvalue weighted by molar-refractivity contribution is -0.130. The van der Waals surface area contributed by atoms with Crippen molar-refractivity contribution in [3.05, 3.63) is 59.7 Å². The van der Waals surface area contributed by atoms with E-state index in [9.17, 15) is 9.90 Å². The molecule has 2 rings (SSSR count). The average molecular weight is 312 g/mol. The summed E-state index contributed by atoms with van der Waals surface area (Å²) in [7, 11) is 0. The fraction of sp³-hybridized carbons (Fsp3) is 0.211. The fourth-order valence-corrected chi connectivity index (χ4v) is 2.20. The molecule has 0 aliphatic heterocycles. The number of carbonyl (C=O) groups is 1. The lowest BCUT2D eigenvalue weighted by atomic mass is 10.0. The minimum absolute atomic E-state index is 0.209. The molecular formula is C19H20O4. The number of carboxylic acids is 1. The van der Waals surface area contributed by atoms with Crippen molar-refractivity contribution in [3.63, 3.8) is 0 Å². The Balaban J connectivity index is 2.45. The molecule has 4 nitrogen and oxygen atoms in total. The minimum Gasteiger partial charge on any atom is -0.490 e. The van der Waals surface area contributed by atoms with Gasteiger partial charge in [0.1, 0.15) is 0 Å². The maximum absolute atomic E-state index is 11.6. The lowest BCUT2D eigenvalue weighted by Gasteiger charge is -2.13. The molecule has 23 heavy (non-hydrogen) atoms. The Morgan fingerprint density at radius 1 is 1.00 bits per heavy atom. The maximum Gasteiger partial charge on any atom is 0.336 e. The molecule has 0 saturated carbocycles. The van der Waals surface area contributed by atoms with Crippen LogP contribution in [0.1, 0.15) is 25.0 Å². The van der Waals surface area contributed by atoms with Crippen LogP contribution in [-0.4, -0.2) is 24.3 Å². The predicted octanol–water partition coefficient (Wildman–Crippen LogP) is 4.11. The summed E-state index contributed by atoms with van der Waals surface area (Å²) in [5, 5.41) is 9.54. The van der Waals surface area contributed by atoms with Crippen LogP contribution in [0.2, 0.25) is 0 Å². The monoisotopic (exact) mass is 312 g/mol. The second-order valence-electron chi connectivity index (χ2n) is 4.80. The molecule has 120 valence electrons. The first-order valence-electron chi connectivity index (χ1n) is 7.55. The summed E-state index contributed by atoms with van der Waals surface area (Å²) in [6, 6.07) is 14.5. The summed E-state index contributed by atoms with van der Waals surface area (Å²) in [5.41, 5.74) is 1.62. The van der Waals surface area contributed by atoms with Gasteiger partial charge in [-0.2, -0.15) is 0 Å². The smallest absolute Gasteiger partial charge is 0.336 e. The molecule has 0 fully saturated rings. The highest BCUT2D eigenvalue weighted by atomic mass is 16.5. The van der Waals surface area contributed by atoms with Crippen LogP contribution in [0, 0.1) is 0 Å². The summed E-state index contributed by atoms with van der Waals surface area (Å²) in [5.74, 6) is 0.176. The van der Waals surface area contributed by atoms with E-state index >= 15 is 0 Å². The van der Waals surface area contributed by atoms with Crippen LogP contribution in [0.3, 0.4) is 0 Å². The number of aliphatic carboxylic acids is 1. The second kappa shape index (κ2) is 8.03. The van der Waals surface area contributed by atoms with Gasteiger partial charge in [-0.15, -0.1) is 0 Å². The van der Waals surface area contributed by atoms with Crippen molar-refractivity contribution < 1.29 is 19.4 Å². The average Bonchev–Trinajstić information content (AvgIpc) is 2.55. The molecule has 1 N–H and O–H groups in total. The Labute approximate surface area is 136 Å². The van der Waals surface area contributed by atoms with E-state index in [2.05, 4.69) is 0 Å². The van der Waals surface area contributed by atoms with E-state index in [1.807, 2.05) is 44.2 Å². The summed E-state index contributed by atoms with van der Waals surface area (Å²) >= 11 is 0. The zero-order chi connectivity index (χ0) is 16.7. The Hall–Kier alpha value is -2.75. The van der Waals surface area contributed by atoms with Gasteiger partial charge in [0.15, 0.2) is 11.5 Å². The van der Waals surface area contributed by atoms with Crippen LogP contribution in [-0.2, 0) is 4.79 Å². The molecule has 2 aromatic carbocycles. The summed E-state index contributed by atoms with van der Waals surface area (Å²) in [6.07, 6.45) is 1.65. The molecule has 0 aliphatic rings. The van der Waals surface area contributed by atoms with Crippen LogP contribution in [0.4, 0.5) is 0 Å². The SMILES string of the molecule is CCOc1ccc(C(=Cc2ccccc2)C(=O)O)cc1OCC. The summed E-state index contributed by atoms with van der Waals surface area (Å²) in [6.45, 7) is 4.77. The van der Waals surface area contributed by atoms with E-state index in [0.29, 0.717) is 30.3 Å². The fourth-order valence-electron chi connectivity index (χ4n) is 2.20. The van der Waals surface area contributed by atoms with E-state index in [-0.39, 0.29) is 5.57 Å². The van der Waals surface area contributed by atoms with Gasteiger partial charge >= 0.3 is 5.97 Å². The van der Waals surface area contributed by atoms with Crippen molar-refractivity contribution >= 4 is 17.6 Å². The van der Waals surface area contributed by atoms with Crippen LogP contribution in [0.5, 0.6) is 11.5 Å². The highest BCUT2D eigenvalue weighted by molar-refractivity contribution is 6.20. The molecule has 0 amide bonds. The topological polar surface area (TPSA) is 55.8 Å². The maximum atomic E-state index is 11.6. The zero-order valence-corrected chi connectivity index (χ0v) is 13.3. The van der Waals surface area contributed by atoms with Gasteiger partial charge in [0.2, 0.25) is 0 Å². The van der Waals surface area contributed by atoms with Crippen LogP contribution in [0.15, 0.2) is 48.5 Å². The number of ether oxygens (including phenoxy) is 2. The van der Waals surface area contributed by atoms with Gasteiger partial charge < -0.3 is 14.6 Å². The molecule has 0 aromatic heterocycles. The first kappa shape index (κ1) is 16.6. The van der Waals surface area contributed by atoms with Gasteiger partial charge in [-0.25, -0.2) is 4.79 Å². The predicted molar refractivity (Wildman–Crippen MR) is 90.7 cm³/mol. The summed E-state index contributed by atoms with van der Waals surface area (Å²) in [4.78, 5) is 11.6. The largest absolute Gasteiger partial charge is 0.490 e. The molecule has 0 spiro atoms. The number of benzene rings is 2. The van der Waals surface area contributed by atoms with E-state index in [1.165, 1.54) is 0 Å². The van der Waals surface area contributed by atoms with Crippen LogP contribution >= 0.6 is 0 Å². The van der Waals surface area contributed by atoms with Gasteiger partial charge in [-0.05, 0) is 43.2 Å². The van der Waals surface area contributed by atoms with Crippen molar-refractivity contribution in [3.8, 4) is 11.5 Å². The van der Waals surface area contributed by atoms with Gasteiger partial charge in [0.05, 0.1) is 18.8 Å². The van der Waals surface area contributed by atoms with Crippen LogP contribution < -0.4 is 9.47 Å². The first-order valence-corrected chi connectivity index (χ1v) is 7.55. The Kier molecular flexibility index (Phi) is 5.80. The molecule has 0 radical (unpaired) electrons. The molecule has 0 aliphatic carbocycles. The van der Waals surface area contributed by atoms with E-state index in [0.717, 1.165) is 5.56 Å². The Bertz CT molecular complexity index is 690. The molecule has 0 atom stereocenters. The number of hydrogen-bond donors (Lipinski definition) is 1. The standard InChI is InChI=1S/C19H20O4/c1-3-22-17-11-10-15(13-18(17)23-4-2)16(19(20)21)12-14-8-6-5-7-9-14/h5-13H,3-4H2,1-2H3,(H,20,21). The van der Waals surface area contributed by atoms with Crippen molar-refractivity contribution in [1.82, 2.24) is 0 Å². The van der Waals surface area contributed by atoms with E-state index in [1.54, 1.807) is 24.3 Å².